The van der Waals surface area contributed by atoms with Gasteiger partial charge in [-0.3, -0.25) is 0 Å². The summed E-state index contributed by atoms with van der Waals surface area (Å²) in [5.41, 5.74) is 1.38. The summed E-state index contributed by atoms with van der Waals surface area (Å²) >= 11 is 3.43. The third-order valence-corrected chi connectivity index (χ3v) is 4.34. The summed E-state index contributed by atoms with van der Waals surface area (Å²) in [6.07, 6.45) is 0.455. The van der Waals surface area contributed by atoms with Crippen molar-refractivity contribution in [2.75, 3.05) is 0 Å². The van der Waals surface area contributed by atoms with Crippen molar-refractivity contribution < 1.29 is 13.5 Å². The van der Waals surface area contributed by atoms with Crippen LogP contribution in [-0.4, -0.2) is 6.10 Å². The number of ether oxygens (including phenoxy) is 1. The van der Waals surface area contributed by atoms with E-state index in [4.69, 9.17) is 4.74 Å². The maximum Gasteiger partial charge on any atom is 0.127 e. The predicted octanol–water partition coefficient (Wildman–Crippen LogP) is 4.40. The number of fused-ring (bicyclic) bond motifs is 1. The zero-order valence-corrected chi connectivity index (χ0v) is 11.5. The van der Waals surface area contributed by atoms with E-state index in [0.717, 1.165) is 23.4 Å². The Labute approximate surface area is 118 Å². The van der Waals surface area contributed by atoms with Crippen LogP contribution in [-0.2, 0) is 6.42 Å². The highest BCUT2D eigenvalue weighted by Crippen LogP contribution is 2.39. The zero-order chi connectivity index (χ0) is 13.4. The molecule has 1 nitrogen and oxygen atoms in total. The number of hydrogen-bond acceptors (Lipinski definition) is 1. The summed E-state index contributed by atoms with van der Waals surface area (Å²) in [6.45, 7) is 0. The van der Waals surface area contributed by atoms with Gasteiger partial charge in [-0.1, -0.05) is 34.1 Å². The lowest BCUT2D eigenvalue weighted by Gasteiger charge is -2.18. The first-order valence-electron chi connectivity index (χ1n) is 5.99. The van der Waals surface area contributed by atoms with E-state index in [1.165, 1.54) is 6.07 Å². The Morgan fingerprint density at radius 3 is 2.74 bits per heavy atom. The molecule has 2 aromatic rings. The topological polar surface area (TPSA) is 9.23 Å². The molecule has 2 atom stereocenters. The molecule has 0 fully saturated rings. The minimum atomic E-state index is -0.448. The van der Waals surface area contributed by atoms with Crippen molar-refractivity contribution in [2.24, 2.45) is 0 Å². The Kier molecular flexibility index (Phi) is 3.27. The molecule has 1 aliphatic heterocycles. The fourth-order valence-corrected chi connectivity index (χ4v) is 2.94. The molecule has 0 radical (unpaired) electrons. The molecule has 4 heteroatoms. The van der Waals surface area contributed by atoms with Gasteiger partial charge in [0, 0.05) is 12.0 Å². The van der Waals surface area contributed by atoms with Crippen LogP contribution in [0.15, 0.2) is 42.5 Å². The van der Waals surface area contributed by atoms with Crippen molar-refractivity contribution in [1.29, 1.82) is 0 Å². The molecular weight excluding hydrogens is 314 g/mol. The lowest BCUT2D eigenvalue weighted by Crippen LogP contribution is -2.20. The number of rotatable bonds is 2. The molecule has 0 amide bonds. The van der Waals surface area contributed by atoms with E-state index < -0.39 is 11.6 Å². The minimum absolute atomic E-state index is 0.228. The Balaban J connectivity index is 1.87. The minimum Gasteiger partial charge on any atom is -0.488 e. The van der Waals surface area contributed by atoms with Gasteiger partial charge in [0.05, 0.1) is 4.83 Å². The lowest BCUT2D eigenvalue weighted by molar-refractivity contribution is 0.230. The maximum absolute atomic E-state index is 13.8. The first-order valence-corrected chi connectivity index (χ1v) is 6.90. The third-order valence-electron chi connectivity index (χ3n) is 3.25. The van der Waals surface area contributed by atoms with Crippen LogP contribution in [0.3, 0.4) is 0 Å². The number of hydrogen-bond donors (Lipinski definition) is 0. The van der Waals surface area contributed by atoms with Crippen LogP contribution in [0.1, 0.15) is 16.0 Å². The molecule has 1 heterocycles. The van der Waals surface area contributed by atoms with E-state index in [0.29, 0.717) is 6.42 Å². The van der Waals surface area contributed by atoms with Gasteiger partial charge in [-0.25, -0.2) is 8.78 Å². The Morgan fingerprint density at radius 1 is 1.16 bits per heavy atom. The van der Waals surface area contributed by atoms with Crippen molar-refractivity contribution in [2.45, 2.75) is 17.4 Å². The Morgan fingerprint density at radius 2 is 1.95 bits per heavy atom. The smallest absolute Gasteiger partial charge is 0.127 e. The fraction of sp³-hybridized carbons (Fsp3) is 0.200. The average Bonchev–Trinajstić information content (AvgIpc) is 2.84. The van der Waals surface area contributed by atoms with Crippen molar-refractivity contribution in [1.82, 2.24) is 0 Å². The van der Waals surface area contributed by atoms with E-state index in [1.807, 2.05) is 24.3 Å². The number of alkyl halides is 1. The Bertz CT molecular complexity index is 590. The lowest BCUT2D eigenvalue weighted by atomic mass is 10.0. The molecular formula is C15H11BrF2O. The summed E-state index contributed by atoms with van der Waals surface area (Å²) in [6, 6.07) is 11.2. The molecule has 0 saturated carbocycles. The summed E-state index contributed by atoms with van der Waals surface area (Å²) in [4.78, 5) is -0.379. The van der Waals surface area contributed by atoms with E-state index in [1.54, 1.807) is 0 Å². The molecule has 0 spiro atoms. The van der Waals surface area contributed by atoms with Gasteiger partial charge >= 0.3 is 0 Å². The van der Waals surface area contributed by atoms with Gasteiger partial charge in [0.15, 0.2) is 0 Å². The molecule has 3 rings (SSSR count). The van der Waals surface area contributed by atoms with Crippen LogP contribution in [0.25, 0.3) is 0 Å². The standard InChI is InChI=1S/C15H11BrF2O/c16-15(11-8-10(17)5-6-12(11)18)14-7-9-3-1-2-4-13(9)19-14/h1-6,8,14-15H,7H2. The van der Waals surface area contributed by atoms with Crippen LogP contribution >= 0.6 is 15.9 Å². The molecule has 0 aliphatic carbocycles. The van der Waals surface area contributed by atoms with E-state index in [2.05, 4.69) is 15.9 Å². The maximum atomic E-state index is 13.8. The quantitative estimate of drug-likeness (QED) is 0.744. The fourth-order valence-electron chi connectivity index (χ4n) is 2.30. The first kappa shape index (κ1) is 12.6. The summed E-state index contributed by atoms with van der Waals surface area (Å²) in [5, 5.41) is 0. The van der Waals surface area contributed by atoms with Gasteiger partial charge in [0.25, 0.3) is 0 Å². The van der Waals surface area contributed by atoms with E-state index in [-0.39, 0.29) is 16.5 Å². The molecule has 1 aliphatic rings. The molecule has 98 valence electrons. The molecule has 0 saturated heterocycles. The molecule has 0 N–H and O–H groups in total. The summed E-state index contributed by atoms with van der Waals surface area (Å²) in [5.74, 6) is -0.0621. The Hall–Kier alpha value is -1.42. The van der Waals surface area contributed by atoms with E-state index >= 15 is 0 Å². The van der Waals surface area contributed by atoms with Crippen LogP contribution in [0.4, 0.5) is 8.78 Å². The SMILES string of the molecule is Fc1ccc(F)c(C(Br)C2Cc3ccccc3O2)c1. The van der Waals surface area contributed by atoms with Gasteiger partial charge in [-0.05, 0) is 29.8 Å². The van der Waals surface area contributed by atoms with E-state index in [9.17, 15) is 8.78 Å². The molecule has 0 bridgehead atoms. The largest absolute Gasteiger partial charge is 0.488 e. The molecule has 2 unspecified atom stereocenters. The van der Waals surface area contributed by atoms with Crippen LogP contribution < -0.4 is 4.74 Å². The van der Waals surface area contributed by atoms with Gasteiger partial charge < -0.3 is 4.74 Å². The molecule has 0 aromatic heterocycles. The predicted molar refractivity (Wildman–Crippen MR) is 72.6 cm³/mol. The molecule has 19 heavy (non-hydrogen) atoms. The van der Waals surface area contributed by atoms with Crippen molar-refractivity contribution >= 4 is 15.9 Å². The molecule has 2 aromatic carbocycles. The second-order valence-corrected chi connectivity index (χ2v) is 5.52. The van der Waals surface area contributed by atoms with Gasteiger partial charge in [-0.2, -0.15) is 0 Å². The average molecular weight is 325 g/mol. The van der Waals surface area contributed by atoms with Gasteiger partial charge in [0.1, 0.15) is 23.5 Å². The summed E-state index contributed by atoms with van der Waals surface area (Å²) < 4.78 is 32.8. The third kappa shape index (κ3) is 2.37. The normalized spacial score (nSPS) is 18.8. The highest BCUT2D eigenvalue weighted by atomic mass is 79.9. The number of benzene rings is 2. The summed E-state index contributed by atoms with van der Waals surface area (Å²) in [7, 11) is 0. The number of para-hydroxylation sites is 1. The first-order chi connectivity index (χ1) is 9.15. The second kappa shape index (κ2) is 4.93. The van der Waals surface area contributed by atoms with Gasteiger partial charge in [-0.15, -0.1) is 0 Å². The second-order valence-electron chi connectivity index (χ2n) is 4.54. The van der Waals surface area contributed by atoms with Crippen LogP contribution in [0, 0.1) is 11.6 Å². The highest BCUT2D eigenvalue weighted by Gasteiger charge is 2.31. The number of halogens is 3. The van der Waals surface area contributed by atoms with Crippen molar-refractivity contribution in [3.8, 4) is 5.75 Å². The monoisotopic (exact) mass is 324 g/mol. The van der Waals surface area contributed by atoms with Crippen molar-refractivity contribution in [3.05, 3.63) is 65.2 Å². The van der Waals surface area contributed by atoms with Gasteiger partial charge in [0.2, 0.25) is 0 Å². The van der Waals surface area contributed by atoms with Crippen molar-refractivity contribution in [3.63, 3.8) is 0 Å². The van der Waals surface area contributed by atoms with Crippen LogP contribution in [0.2, 0.25) is 0 Å². The highest BCUT2D eigenvalue weighted by molar-refractivity contribution is 9.09. The van der Waals surface area contributed by atoms with Crippen LogP contribution in [0.5, 0.6) is 5.75 Å². The zero-order valence-electron chi connectivity index (χ0n) is 9.95.